The SMILES string of the molecule is CC.CC.CC.CC.CC.Cc1ccccc1C(C)(C)C.Cc1cccnc1C(C)(C)C.Cc1cnccc1C(C)(C)C.Cc1cnccc1C(C)(C)C.Cc1nc(C)c(C(C)(C)C)s1.Cc1ncccc1C(C)(C)C.Cc1nn(C)c(C)c1C(C)(C)C.Cc1nsc(C)c1C(C)(C)C. The maximum atomic E-state index is 4.40. The van der Waals surface area contributed by atoms with E-state index in [0.29, 0.717) is 0 Å². The molecule has 7 aromatic heterocycles. The van der Waals surface area contributed by atoms with Gasteiger partial charge in [-0.15, -0.1) is 11.3 Å². The summed E-state index contributed by atoms with van der Waals surface area (Å²) in [5.41, 5.74) is 22.6. The normalized spacial score (nSPS) is 10.9. The molecule has 0 unspecified atom stereocenters. The van der Waals surface area contributed by atoms with E-state index < -0.39 is 0 Å². The molecule has 99 heavy (non-hydrogen) atoms. The highest BCUT2D eigenvalue weighted by Crippen LogP contribution is 2.33. The van der Waals surface area contributed by atoms with Crippen LogP contribution >= 0.6 is 22.9 Å². The van der Waals surface area contributed by atoms with E-state index in [1.54, 1.807) is 11.5 Å². The fourth-order valence-corrected chi connectivity index (χ4v) is 13.1. The van der Waals surface area contributed by atoms with Gasteiger partial charge in [0.2, 0.25) is 0 Å². The van der Waals surface area contributed by atoms with E-state index in [-0.39, 0.29) is 43.3 Å². The molecule has 0 aliphatic rings. The molecule has 8 rings (SSSR count). The van der Waals surface area contributed by atoms with Crippen LogP contribution in [0.2, 0.25) is 0 Å². The van der Waals surface area contributed by atoms with E-state index in [2.05, 4.69) is 325 Å². The fraction of sp³-hybridized carbons (Fsp3) is 0.607. The van der Waals surface area contributed by atoms with Gasteiger partial charge in [0.25, 0.3) is 0 Å². The minimum absolute atomic E-state index is 0.172. The highest BCUT2D eigenvalue weighted by Gasteiger charge is 2.24. The number of rotatable bonds is 0. The molecule has 0 fully saturated rings. The molecule has 0 amide bonds. The average Bonchev–Trinajstić information content (AvgIpc) is 1.70. The number of aromatic nitrogens is 8. The number of nitrogens with zero attached hydrogens (tertiary/aromatic N) is 8. The lowest BCUT2D eigenvalue weighted by Crippen LogP contribution is -2.14. The Balaban J connectivity index is -0.000000334. The maximum absolute atomic E-state index is 4.40. The zero-order valence-electron chi connectivity index (χ0n) is 73.1. The van der Waals surface area contributed by atoms with E-state index in [1.807, 2.05) is 142 Å². The van der Waals surface area contributed by atoms with Crippen molar-refractivity contribution < 1.29 is 0 Å². The van der Waals surface area contributed by atoms with Crippen LogP contribution in [-0.2, 0) is 50.4 Å². The molecule has 8 nitrogen and oxygen atoms in total. The lowest BCUT2D eigenvalue weighted by molar-refractivity contribution is 0.564. The number of hydrogen-bond donors (Lipinski definition) is 0. The van der Waals surface area contributed by atoms with Gasteiger partial charge in [-0.05, 0) is 200 Å². The van der Waals surface area contributed by atoms with Crippen molar-refractivity contribution in [3.05, 3.63) is 202 Å². The molecule has 0 aliphatic carbocycles. The first-order chi connectivity index (χ1) is 45.3. The van der Waals surface area contributed by atoms with Crippen LogP contribution in [0, 0.1) is 76.2 Å². The van der Waals surface area contributed by atoms with Gasteiger partial charge in [-0.1, -0.05) is 272 Å². The Bertz CT molecular complexity index is 3040. The Morgan fingerprint density at radius 2 is 0.707 bits per heavy atom. The van der Waals surface area contributed by atoms with Crippen molar-refractivity contribution in [1.29, 1.82) is 0 Å². The molecule has 7 heterocycles. The van der Waals surface area contributed by atoms with E-state index in [9.17, 15) is 0 Å². The third-order valence-corrected chi connectivity index (χ3v) is 17.1. The Morgan fingerprint density at radius 3 is 0.929 bits per heavy atom. The molecule has 1 aromatic carbocycles. The first kappa shape index (κ1) is 102. The van der Waals surface area contributed by atoms with Crippen LogP contribution in [0.15, 0.2) is 97.8 Å². The van der Waals surface area contributed by atoms with Gasteiger partial charge in [-0.3, -0.25) is 24.6 Å². The minimum Gasteiger partial charge on any atom is -0.272 e. The summed E-state index contributed by atoms with van der Waals surface area (Å²) in [5.74, 6) is 0. The molecule has 0 saturated heterocycles. The van der Waals surface area contributed by atoms with Gasteiger partial charge in [0.1, 0.15) is 0 Å². The van der Waals surface area contributed by atoms with E-state index in [4.69, 9.17) is 0 Å². The first-order valence-electron chi connectivity index (χ1n) is 36.9. The van der Waals surface area contributed by atoms with Crippen molar-refractivity contribution in [2.45, 2.75) is 355 Å². The first-order valence-corrected chi connectivity index (χ1v) is 38.5. The molecule has 0 aliphatic heterocycles. The minimum atomic E-state index is 0.172. The van der Waals surface area contributed by atoms with Gasteiger partial charge >= 0.3 is 0 Å². The standard InChI is InChI=1S/C11H16.C10H18N2.4C10H15N.2C9H15NS.5C2H6/c1-9-7-5-6-8-10(9)11(2,3)4;1-7-9(10(3,4)5)8(2)12(6)11-7;2*1-8-7-11-6-5-9(8)10(2,3)4;1-8-9(10(2,3)4)6-5-7-11-8;1-8-6-5-7-11-9(8)10(2,3)4;1-6-8(9(3,4)5)11-7(2)10-6;1-6-8(9(3,4)5)7(2)11-10-6;5*1-2/h5-8H,1-4H3;1-6H3;4*5-7H,1-4H3;2*1-5H3;5*1-2H3. The number of thiazole rings is 1. The van der Waals surface area contributed by atoms with Crippen LogP contribution in [0.1, 0.15) is 340 Å². The van der Waals surface area contributed by atoms with Gasteiger partial charge in [-0.2, -0.15) is 9.47 Å². The quantitative estimate of drug-likeness (QED) is 0.149. The second-order valence-corrected chi connectivity index (χ2v) is 34.2. The highest BCUT2D eigenvalue weighted by atomic mass is 32.1. The summed E-state index contributed by atoms with van der Waals surface area (Å²) < 4.78 is 6.28. The molecule has 0 N–H and O–H groups in total. The van der Waals surface area contributed by atoms with Gasteiger partial charge in [0, 0.05) is 82.0 Å². The zero-order valence-corrected chi connectivity index (χ0v) is 74.8. The Morgan fingerprint density at radius 1 is 0.333 bits per heavy atom. The molecular formula is C89H154N8S2. The van der Waals surface area contributed by atoms with Crippen molar-refractivity contribution in [2.24, 2.45) is 7.05 Å². The number of hydrogen-bond acceptors (Lipinski definition) is 9. The monoisotopic (exact) mass is 1400 g/mol. The van der Waals surface area contributed by atoms with Crippen LogP contribution < -0.4 is 0 Å². The van der Waals surface area contributed by atoms with E-state index in [1.165, 1.54) is 93.2 Å². The van der Waals surface area contributed by atoms with E-state index in [0.717, 1.165) is 11.4 Å². The summed E-state index contributed by atoms with van der Waals surface area (Å²) >= 11 is 3.42. The summed E-state index contributed by atoms with van der Waals surface area (Å²) in [6.45, 7) is 96.4. The molecule has 0 bridgehead atoms. The van der Waals surface area contributed by atoms with Gasteiger partial charge in [0.15, 0.2) is 0 Å². The second kappa shape index (κ2) is 47.5. The van der Waals surface area contributed by atoms with Crippen molar-refractivity contribution in [3.8, 4) is 0 Å². The van der Waals surface area contributed by atoms with Crippen LogP contribution in [0.5, 0.6) is 0 Å². The second-order valence-electron chi connectivity index (χ2n) is 32.0. The van der Waals surface area contributed by atoms with E-state index >= 15 is 0 Å². The van der Waals surface area contributed by atoms with Crippen LogP contribution in [0.4, 0.5) is 0 Å². The van der Waals surface area contributed by atoms with Crippen molar-refractivity contribution in [2.75, 3.05) is 0 Å². The predicted molar refractivity (Wildman–Crippen MR) is 449 cm³/mol. The lowest BCUT2D eigenvalue weighted by atomic mass is 9.84. The van der Waals surface area contributed by atoms with Crippen molar-refractivity contribution in [3.63, 3.8) is 0 Å². The fourth-order valence-electron chi connectivity index (χ4n) is 11.2. The third kappa shape index (κ3) is 39.3. The molecule has 562 valence electrons. The number of benzene rings is 1. The largest absolute Gasteiger partial charge is 0.272 e. The Hall–Kier alpha value is -5.71. The summed E-state index contributed by atoms with van der Waals surface area (Å²) in [6, 6.07) is 21.0. The summed E-state index contributed by atoms with van der Waals surface area (Å²) in [5, 5.41) is 5.57. The van der Waals surface area contributed by atoms with Crippen molar-refractivity contribution in [1.82, 2.24) is 39.1 Å². The predicted octanol–water partition coefficient (Wildman–Crippen LogP) is 27.6. The summed E-state index contributed by atoms with van der Waals surface area (Å²) in [6.07, 6.45) is 11.2. The van der Waals surface area contributed by atoms with Crippen LogP contribution in [0.25, 0.3) is 0 Å². The average molecular weight is 1400 g/mol. The summed E-state index contributed by atoms with van der Waals surface area (Å²) in [7, 11) is 2.00. The Labute approximate surface area is 622 Å². The lowest BCUT2D eigenvalue weighted by Gasteiger charge is -2.21. The van der Waals surface area contributed by atoms with Crippen molar-refractivity contribution >= 4 is 22.9 Å². The third-order valence-electron chi connectivity index (χ3n) is 14.8. The molecule has 0 radical (unpaired) electrons. The molecule has 0 saturated carbocycles. The number of pyridine rings is 4. The maximum Gasteiger partial charge on any atom is 0.0900 e. The Kier molecular flexibility index (Phi) is 48.9. The smallest absolute Gasteiger partial charge is 0.0900 e. The van der Waals surface area contributed by atoms with Crippen LogP contribution in [0.3, 0.4) is 0 Å². The molecule has 0 atom stereocenters. The molecule has 0 spiro atoms. The van der Waals surface area contributed by atoms with Crippen LogP contribution in [-0.4, -0.2) is 39.1 Å². The summed E-state index contributed by atoms with van der Waals surface area (Å²) in [4.78, 5) is 23.9. The molecule has 10 heteroatoms. The zero-order chi connectivity index (χ0) is 79.2. The number of aryl methyl sites for hydroxylation is 11. The highest BCUT2D eigenvalue weighted by molar-refractivity contribution is 7.11. The van der Waals surface area contributed by atoms with Gasteiger partial charge in [-0.25, -0.2) is 4.98 Å². The molecule has 8 aromatic rings. The topological polar surface area (TPSA) is 95.2 Å². The molecular weight excluding hydrogens is 1250 g/mol. The van der Waals surface area contributed by atoms with Gasteiger partial charge < -0.3 is 0 Å². The van der Waals surface area contributed by atoms with Gasteiger partial charge in [0.05, 0.1) is 22.1 Å².